The van der Waals surface area contributed by atoms with Crippen LogP contribution in [0.5, 0.6) is 0 Å². The number of halogens is 1. The van der Waals surface area contributed by atoms with Gasteiger partial charge in [0.15, 0.2) is 5.96 Å². The zero-order valence-corrected chi connectivity index (χ0v) is 18.7. The third-order valence-corrected chi connectivity index (χ3v) is 4.38. The van der Waals surface area contributed by atoms with Crippen LogP contribution in [0.4, 0.5) is 0 Å². The third-order valence-electron chi connectivity index (χ3n) is 4.38. The van der Waals surface area contributed by atoms with E-state index in [4.69, 9.17) is 9.15 Å². The van der Waals surface area contributed by atoms with Gasteiger partial charge in [0, 0.05) is 40.2 Å². The molecule has 1 amide bonds. The fourth-order valence-corrected chi connectivity index (χ4v) is 2.79. The van der Waals surface area contributed by atoms with E-state index in [0.717, 1.165) is 38.2 Å². The van der Waals surface area contributed by atoms with Crippen molar-refractivity contribution in [3.63, 3.8) is 0 Å². The SMILES string of the molecule is CN(C)C(=O)CN=C(NCCCC1CCCCO1)NCCc1ccco1.I. The Morgan fingerprint density at radius 1 is 1.30 bits per heavy atom. The maximum atomic E-state index is 11.8. The van der Waals surface area contributed by atoms with Gasteiger partial charge in [-0.1, -0.05) is 0 Å². The molecule has 1 aliphatic heterocycles. The molecular formula is C19H33IN4O3. The molecule has 2 N–H and O–H groups in total. The number of ether oxygens (including phenoxy) is 1. The Hall–Kier alpha value is -1.29. The first-order chi connectivity index (χ1) is 12.6. The lowest BCUT2D eigenvalue weighted by molar-refractivity contribution is -0.127. The average Bonchev–Trinajstić information content (AvgIpc) is 3.16. The fraction of sp³-hybridized carbons (Fsp3) is 0.684. The summed E-state index contributed by atoms with van der Waals surface area (Å²) in [5, 5.41) is 6.58. The minimum Gasteiger partial charge on any atom is -0.469 e. The molecule has 0 radical (unpaired) electrons. The first-order valence-electron chi connectivity index (χ1n) is 9.51. The number of nitrogens with one attached hydrogen (secondary N) is 2. The van der Waals surface area contributed by atoms with Gasteiger partial charge >= 0.3 is 0 Å². The number of hydrogen-bond acceptors (Lipinski definition) is 4. The van der Waals surface area contributed by atoms with Gasteiger partial charge in [0.25, 0.3) is 0 Å². The van der Waals surface area contributed by atoms with E-state index in [2.05, 4.69) is 15.6 Å². The zero-order chi connectivity index (χ0) is 18.6. The summed E-state index contributed by atoms with van der Waals surface area (Å²) < 4.78 is 11.1. The minimum atomic E-state index is -0.0206. The molecule has 1 atom stereocenters. The standard InChI is InChI=1S/C19H32N4O3.HI/c1-23(2)18(24)15-22-19(21-12-10-17-9-6-14-26-17)20-11-5-8-16-7-3-4-13-25-16;/h6,9,14,16H,3-5,7-8,10-13,15H2,1-2H3,(H2,20,21,22);1H. The molecule has 8 heteroatoms. The van der Waals surface area contributed by atoms with E-state index in [-0.39, 0.29) is 36.4 Å². The van der Waals surface area contributed by atoms with Crippen molar-refractivity contribution < 1.29 is 13.9 Å². The Morgan fingerprint density at radius 3 is 2.78 bits per heavy atom. The van der Waals surface area contributed by atoms with Crippen LogP contribution in [-0.2, 0) is 16.0 Å². The summed E-state index contributed by atoms with van der Waals surface area (Å²) in [6.45, 7) is 2.53. The number of carbonyl (C=O) groups is 1. The van der Waals surface area contributed by atoms with E-state index < -0.39 is 0 Å². The normalized spacial score (nSPS) is 17.1. The highest BCUT2D eigenvalue weighted by atomic mass is 127. The highest BCUT2D eigenvalue weighted by Crippen LogP contribution is 2.16. The number of nitrogens with zero attached hydrogens (tertiary/aromatic N) is 2. The van der Waals surface area contributed by atoms with Crippen molar-refractivity contribution in [3.8, 4) is 0 Å². The molecule has 0 saturated carbocycles. The predicted molar refractivity (Wildman–Crippen MR) is 118 cm³/mol. The van der Waals surface area contributed by atoms with Crippen molar-refractivity contribution in [2.24, 2.45) is 4.99 Å². The molecular weight excluding hydrogens is 459 g/mol. The lowest BCUT2D eigenvalue weighted by Gasteiger charge is -2.22. The summed E-state index contributed by atoms with van der Waals surface area (Å²) in [6.07, 6.45) is 8.54. The molecule has 0 bridgehead atoms. The molecule has 0 aliphatic carbocycles. The predicted octanol–water partition coefficient (Wildman–Crippen LogP) is 2.41. The maximum absolute atomic E-state index is 11.8. The fourth-order valence-electron chi connectivity index (χ4n) is 2.79. The second-order valence-corrected chi connectivity index (χ2v) is 6.77. The molecule has 0 spiro atoms. The molecule has 1 aromatic rings. The lowest BCUT2D eigenvalue weighted by Crippen LogP contribution is -2.40. The van der Waals surface area contributed by atoms with Crippen LogP contribution in [0.3, 0.4) is 0 Å². The van der Waals surface area contributed by atoms with Gasteiger partial charge in [-0.15, -0.1) is 24.0 Å². The van der Waals surface area contributed by atoms with E-state index in [0.29, 0.717) is 18.6 Å². The number of rotatable bonds is 9. The van der Waals surface area contributed by atoms with E-state index in [1.165, 1.54) is 19.3 Å². The van der Waals surface area contributed by atoms with Gasteiger partial charge in [-0.05, 0) is 44.2 Å². The maximum Gasteiger partial charge on any atom is 0.243 e. The summed E-state index contributed by atoms with van der Waals surface area (Å²) >= 11 is 0. The van der Waals surface area contributed by atoms with Gasteiger partial charge in [-0.3, -0.25) is 4.79 Å². The summed E-state index contributed by atoms with van der Waals surface area (Å²) in [4.78, 5) is 17.7. The van der Waals surface area contributed by atoms with Crippen molar-refractivity contribution in [2.75, 3.05) is 40.3 Å². The largest absolute Gasteiger partial charge is 0.469 e. The lowest BCUT2D eigenvalue weighted by atomic mass is 10.0. The molecule has 7 nitrogen and oxygen atoms in total. The van der Waals surface area contributed by atoms with E-state index in [1.54, 1.807) is 25.3 Å². The number of likely N-dealkylation sites (N-methyl/N-ethyl adjacent to an activating group) is 1. The summed E-state index contributed by atoms with van der Waals surface area (Å²) in [5.41, 5.74) is 0. The molecule has 27 heavy (non-hydrogen) atoms. The highest BCUT2D eigenvalue weighted by Gasteiger charge is 2.13. The molecule has 1 aliphatic rings. The Bertz CT molecular complexity index is 543. The Balaban J connectivity index is 0.00000364. The zero-order valence-electron chi connectivity index (χ0n) is 16.4. The van der Waals surface area contributed by atoms with Crippen LogP contribution < -0.4 is 10.6 Å². The van der Waals surface area contributed by atoms with Crippen molar-refractivity contribution >= 4 is 35.8 Å². The summed E-state index contributed by atoms with van der Waals surface area (Å²) in [5.74, 6) is 1.57. The van der Waals surface area contributed by atoms with Gasteiger partial charge in [0.05, 0.1) is 12.4 Å². The number of furan rings is 1. The first kappa shape index (κ1) is 23.7. The smallest absolute Gasteiger partial charge is 0.243 e. The van der Waals surface area contributed by atoms with Crippen LogP contribution in [0.1, 0.15) is 37.9 Å². The number of aliphatic imine (C=N–C) groups is 1. The number of amides is 1. The van der Waals surface area contributed by atoms with Gasteiger partial charge in [-0.25, -0.2) is 4.99 Å². The van der Waals surface area contributed by atoms with Gasteiger partial charge in [0.2, 0.25) is 5.91 Å². The van der Waals surface area contributed by atoms with Crippen LogP contribution in [0, 0.1) is 0 Å². The van der Waals surface area contributed by atoms with Crippen LogP contribution in [-0.4, -0.2) is 63.2 Å². The number of carbonyl (C=O) groups excluding carboxylic acids is 1. The highest BCUT2D eigenvalue weighted by molar-refractivity contribution is 14.0. The molecule has 0 aromatic carbocycles. The average molecular weight is 492 g/mol. The summed E-state index contributed by atoms with van der Waals surface area (Å²) in [6, 6.07) is 3.83. The van der Waals surface area contributed by atoms with E-state index in [9.17, 15) is 4.79 Å². The van der Waals surface area contributed by atoms with Crippen molar-refractivity contribution in [2.45, 2.75) is 44.6 Å². The van der Waals surface area contributed by atoms with Crippen molar-refractivity contribution in [1.29, 1.82) is 0 Å². The van der Waals surface area contributed by atoms with Gasteiger partial charge < -0.3 is 24.7 Å². The number of hydrogen-bond donors (Lipinski definition) is 2. The molecule has 2 heterocycles. The monoisotopic (exact) mass is 492 g/mol. The van der Waals surface area contributed by atoms with Crippen LogP contribution in [0.2, 0.25) is 0 Å². The minimum absolute atomic E-state index is 0. The van der Waals surface area contributed by atoms with Crippen LogP contribution in [0.15, 0.2) is 27.8 Å². The molecule has 154 valence electrons. The molecule has 1 saturated heterocycles. The molecule has 2 rings (SSSR count). The second kappa shape index (κ2) is 13.8. The van der Waals surface area contributed by atoms with E-state index >= 15 is 0 Å². The topological polar surface area (TPSA) is 79.1 Å². The number of guanidine groups is 1. The first-order valence-corrected chi connectivity index (χ1v) is 9.51. The van der Waals surface area contributed by atoms with Gasteiger partial charge in [0.1, 0.15) is 12.3 Å². The van der Waals surface area contributed by atoms with Crippen LogP contribution >= 0.6 is 24.0 Å². The van der Waals surface area contributed by atoms with Gasteiger partial charge in [-0.2, -0.15) is 0 Å². The second-order valence-electron chi connectivity index (χ2n) is 6.77. The Labute approximate surface area is 179 Å². The third kappa shape index (κ3) is 9.99. The summed E-state index contributed by atoms with van der Waals surface area (Å²) in [7, 11) is 3.47. The van der Waals surface area contributed by atoms with Crippen molar-refractivity contribution in [3.05, 3.63) is 24.2 Å². The molecule has 1 aromatic heterocycles. The Kier molecular flexibility index (Phi) is 12.2. The van der Waals surface area contributed by atoms with Crippen molar-refractivity contribution in [1.82, 2.24) is 15.5 Å². The van der Waals surface area contributed by atoms with Crippen LogP contribution in [0.25, 0.3) is 0 Å². The quantitative estimate of drug-likeness (QED) is 0.240. The molecule has 1 unspecified atom stereocenters. The Morgan fingerprint density at radius 2 is 2.11 bits per heavy atom. The van der Waals surface area contributed by atoms with E-state index in [1.807, 2.05) is 12.1 Å². The molecule has 1 fully saturated rings.